The van der Waals surface area contributed by atoms with Crippen molar-refractivity contribution in [2.75, 3.05) is 6.66 Å². The smallest absolute Gasteiger partial charge is 0.162 e. The Morgan fingerprint density at radius 1 is 0.917 bits per heavy atom. The average Bonchev–Trinajstić information content (AvgIpc) is 3.41. The zero-order chi connectivity index (χ0) is 34.3. The summed E-state index contributed by atoms with van der Waals surface area (Å²) < 4.78 is 2.75. The SMILES string of the molecule is CCC(CC)C(=O)/C=C(\O)C(CC)CC.Cc1c(P(C)c2ccccc2)sc2c(-c3[c-]c4ccccc4c(C(C)(C)C)c3)nccc12.[Ir]. The van der Waals surface area contributed by atoms with Crippen molar-refractivity contribution >= 4 is 55.8 Å². The molecule has 0 spiro atoms. The van der Waals surface area contributed by atoms with Crippen molar-refractivity contribution in [3.05, 3.63) is 102 Å². The van der Waals surface area contributed by atoms with Gasteiger partial charge in [0, 0.05) is 59.2 Å². The molecule has 257 valence electrons. The summed E-state index contributed by atoms with van der Waals surface area (Å²) in [6, 6.07) is 27.6. The van der Waals surface area contributed by atoms with Gasteiger partial charge in [-0.1, -0.05) is 108 Å². The fourth-order valence-corrected chi connectivity index (χ4v) is 9.84. The van der Waals surface area contributed by atoms with Crippen molar-refractivity contribution < 1.29 is 30.0 Å². The normalized spacial score (nSPS) is 12.6. The van der Waals surface area contributed by atoms with E-state index < -0.39 is 7.92 Å². The number of aromatic nitrogens is 1. The molecular weight excluding hydrogens is 806 g/mol. The van der Waals surface area contributed by atoms with Gasteiger partial charge in [0.15, 0.2) is 5.78 Å². The number of fused-ring (bicyclic) bond motifs is 2. The number of pyridine rings is 1. The molecule has 0 fully saturated rings. The molecule has 0 saturated carbocycles. The number of thiophene rings is 1. The molecular formula is C42H51IrNO2PS-. The Hall–Kier alpha value is -2.68. The number of rotatable bonds is 10. The van der Waals surface area contributed by atoms with Gasteiger partial charge in [-0.05, 0) is 74.9 Å². The predicted molar refractivity (Wildman–Crippen MR) is 207 cm³/mol. The zero-order valence-corrected chi connectivity index (χ0v) is 34.1. The van der Waals surface area contributed by atoms with E-state index in [0.717, 1.165) is 42.3 Å². The predicted octanol–water partition coefficient (Wildman–Crippen LogP) is 11.5. The number of hydrogen-bond acceptors (Lipinski definition) is 4. The molecule has 2 heterocycles. The number of aliphatic hydroxyl groups excluding tert-OH is 1. The summed E-state index contributed by atoms with van der Waals surface area (Å²) >= 11 is 1.91. The van der Waals surface area contributed by atoms with Gasteiger partial charge in [-0.2, -0.15) is 0 Å². The minimum absolute atomic E-state index is 0. The fourth-order valence-electron chi connectivity index (χ4n) is 6.17. The van der Waals surface area contributed by atoms with Gasteiger partial charge in [-0.15, -0.1) is 40.5 Å². The number of aryl methyl sites for hydroxylation is 1. The zero-order valence-electron chi connectivity index (χ0n) is 30.0. The maximum absolute atomic E-state index is 11.7. The van der Waals surface area contributed by atoms with Crippen LogP contribution < -0.4 is 9.92 Å². The molecule has 0 bridgehead atoms. The number of nitrogens with zero attached hydrogens (tertiary/aromatic N) is 1. The van der Waals surface area contributed by atoms with Gasteiger partial charge in [0.05, 0.1) is 5.76 Å². The molecule has 1 unspecified atom stereocenters. The Labute approximate surface area is 307 Å². The molecule has 1 atom stereocenters. The van der Waals surface area contributed by atoms with E-state index >= 15 is 0 Å². The topological polar surface area (TPSA) is 50.2 Å². The molecule has 1 radical (unpaired) electrons. The Kier molecular flexibility index (Phi) is 14.8. The first-order chi connectivity index (χ1) is 22.4. The van der Waals surface area contributed by atoms with Crippen molar-refractivity contribution in [1.82, 2.24) is 4.98 Å². The molecule has 0 aliphatic carbocycles. The first kappa shape index (κ1) is 39.8. The molecule has 3 nitrogen and oxygen atoms in total. The number of benzene rings is 3. The van der Waals surface area contributed by atoms with Crippen LogP contribution in [0.15, 0.2) is 84.8 Å². The molecule has 48 heavy (non-hydrogen) atoms. The second-order valence-electron chi connectivity index (χ2n) is 13.4. The largest absolute Gasteiger partial charge is 0.512 e. The second-order valence-corrected chi connectivity index (χ2v) is 16.8. The van der Waals surface area contributed by atoms with Crippen LogP contribution in [0.25, 0.3) is 32.1 Å². The molecule has 0 aliphatic rings. The van der Waals surface area contributed by atoms with Gasteiger partial charge >= 0.3 is 0 Å². The summed E-state index contributed by atoms with van der Waals surface area (Å²) in [5, 5.41) is 14.9. The second kappa shape index (κ2) is 17.8. The van der Waals surface area contributed by atoms with Crippen LogP contribution in [-0.4, -0.2) is 22.5 Å². The van der Waals surface area contributed by atoms with E-state index in [2.05, 4.69) is 107 Å². The van der Waals surface area contributed by atoms with E-state index in [1.807, 2.05) is 45.2 Å². The molecule has 6 heteroatoms. The minimum Gasteiger partial charge on any atom is -0.512 e. The van der Waals surface area contributed by atoms with E-state index in [1.54, 1.807) is 0 Å². The Bertz CT molecular complexity index is 1830. The third-order valence-corrected chi connectivity index (χ3v) is 13.4. The molecule has 5 aromatic rings. The van der Waals surface area contributed by atoms with Crippen LogP contribution in [-0.2, 0) is 30.3 Å². The summed E-state index contributed by atoms with van der Waals surface area (Å²) in [5.41, 5.74) is 4.92. The maximum Gasteiger partial charge on any atom is 0.162 e. The quantitative estimate of drug-likeness (QED) is 0.0659. The van der Waals surface area contributed by atoms with Crippen LogP contribution in [0.3, 0.4) is 0 Å². The van der Waals surface area contributed by atoms with E-state index in [9.17, 15) is 9.90 Å². The molecule has 1 N–H and O–H groups in total. The number of ketones is 1. The molecule has 0 saturated heterocycles. The Morgan fingerprint density at radius 2 is 1.52 bits per heavy atom. The third-order valence-electron chi connectivity index (χ3n) is 9.20. The van der Waals surface area contributed by atoms with Gasteiger partial charge in [0.2, 0.25) is 0 Å². The molecule has 0 amide bonds. The van der Waals surface area contributed by atoms with Crippen LogP contribution in [0.5, 0.6) is 0 Å². The molecule has 3 aromatic carbocycles. The fraction of sp³-hybridized carbons (Fsp3) is 0.381. The van der Waals surface area contributed by atoms with Crippen molar-refractivity contribution in [3.8, 4) is 11.3 Å². The first-order valence-electron chi connectivity index (χ1n) is 17.0. The number of carbonyl (C=O) groups is 1. The summed E-state index contributed by atoms with van der Waals surface area (Å²) in [5.74, 6) is 0.547. The molecule has 0 aliphatic heterocycles. The van der Waals surface area contributed by atoms with E-state index in [0.29, 0.717) is 0 Å². The average molecular weight is 857 g/mol. The van der Waals surface area contributed by atoms with Crippen LogP contribution in [0.2, 0.25) is 0 Å². The van der Waals surface area contributed by atoms with Crippen molar-refractivity contribution in [2.45, 2.75) is 86.5 Å². The van der Waals surface area contributed by atoms with Crippen LogP contribution in [0, 0.1) is 24.8 Å². The minimum atomic E-state index is -0.392. The maximum atomic E-state index is 11.7. The third kappa shape index (κ3) is 9.10. The number of allylic oxidation sites excluding steroid dienone is 2. The molecule has 2 aromatic heterocycles. The van der Waals surface area contributed by atoms with Crippen LogP contribution >= 0.6 is 19.3 Å². The van der Waals surface area contributed by atoms with Gasteiger partial charge < -0.3 is 5.11 Å². The summed E-state index contributed by atoms with van der Waals surface area (Å²) in [7, 11) is -0.392. The summed E-state index contributed by atoms with van der Waals surface area (Å²) in [6.07, 6.45) is 6.87. The van der Waals surface area contributed by atoms with Gasteiger partial charge in [0.25, 0.3) is 0 Å². The van der Waals surface area contributed by atoms with Crippen molar-refractivity contribution in [3.63, 3.8) is 0 Å². The first-order valence-corrected chi connectivity index (χ1v) is 19.6. The van der Waals surface area contributed by atoms with Crippen molar-refractivity contribution in [1.29, 1.82) is 0 Å². The van der Waals surface area contributed by atoms with E-state index in [1.165, 1.54) is 42.6 Å². The van der Waals surface area contributed by atoms with Crippen molar-refractivity contribution in [2.24, 2.45) is 11.8 Å². The van der Waals surface area contributed by atoms with E-state index in [-0.39, 0.29) is 48.9 Å². The number of hydrogen-bond donors (Lipinski definition) is 1. The van der Waals surface area contributed by atoms with E-state index in [4.69, 9.17) is 4.98 Å². The van der Waals surface area contributed by atoms with Gasteiger partial charge in [-0.3, -0.25) is 9.78 Å². The number of carbonyl (C=O) groups excluding carboxylic acids is 1. The van der Waals surface area contributed by atoms with Gasteiger partial charge in [0.1, 0.15) is 0 Å². The summed E-state index contributed by atoms with van der Waals surface area (Å²) in [4.78, 5) is 16.6. The number of aliphatic hydroxyl groups is 1. The Balaban J connectivity index is 0.000000334. The summed E-state index contributed by atoms with van der Waals surface area (Å²) in [6.45, 7) is 19.6. The monoisotopic (exact) mass is 857 g/mol. The van der Waals surface area contributed by atoms with Crippen LogP contribution in [0.4, 0.5) is 0 Å². The Morgan fingerprint density at radius 3 is 2.12 bits per heavy atom. The van der Waals surface area contributed by atoms with Crippen LogP contribution in [0.1, 0.15) is 85.3 Å². The standard InChI is InChI=1S/C29H27NPS.C13H24O2.Ir/c1-19-23-15-16-30-26(27(23)32-28(19)31(5)22-12-7-6-8-13-22)21-17-20-11-9-10-14-24(20)25(18-21)29(2,3)4;1-5-10(6-2)12(14)9-13(15)11(7-3)8-4;/h6-16,18H,1-5H3;9-11,14H,5-8H2,1-4H3;/q-1;;/b;12-9-;. The molecule has 5 rings (SSSR count). The van der Waals surface area contributed by atoms with Gasteiger partial charge in [-0.25, -0.2) is 0 Å².